The fourth-order valence-corrected chi connectivity index (χ4v) is 3.23. The Hall–Kier alpha value is -3.35. The van der Waals surface area contributed by atoms with Crippen molar-refractivity contribution in [3.8, 4) is 11.3 Å². The molecule has 1 aromatic carbocycles. The number of carbonyl (C=O) groups excluding carboxylic acids is 1. The van der Waals surface area contributed by atoms with Gasteiger partial charge in [0.1, 0.15) is 5.82 Å². The second-order valence-electron chi connectivity index (χ2n) is 7.18. The molecule has 0 saturated heterocycles. The molecule has 2 aromatic heterocycles. The van der Waals surface area contributed by atoms with Gasteiger partial charge in [-0.1, -0.05) is 44.5 Å². The molecule has 0 bridgehead atoms. The number of rotatable bonds is 10. The van der Waals surface area contributed by atoms with Crippen molar-refractivity contribution in [3.05, 3.63) is 65.4 Å². The maximum Gasteiger partial charge on any atom is 0.337 e. The van der Waals surface area contributed by atoms with Crippen LogP contribution in [-0.4, -0.2) is 36.6 Å². The highest BCUT2D eigenvalue weighted by Crippen LogP contribution is 2.22. The van der Waals surface area contributed by atoms with Gasteiger partial charge in [-0.25, -0.2) is 14.5 Å². The summed E-state index contributed by atoms with van der Waals surface area (Å²) in [5, 5.41) is 13.8. The summed E-state index contributed by atoms with van der Waals surface area (Å²) < 4.78 is 1.81. The number of Topliss-reactive ketones (excluding diaryl/α,β-unsaturated/α-hetero) is 1. The molecule has 0 amide bonds. The number of nitrogens with zero attached hydrogens (tertiary/aromatic N) is 4. The number of aryl methyl sites for hydroxylation is 1. The van der Waals surface area contributed by atoms with Gasteiger partial charge in [0, 0.05) is 31.1 Å². The Morgan fingerprint density at radius 1 is 1.07 bits per heavy atom. The zero-order valence-corrected chi connectivity index (χ0v) is 17.3. The van der Waals surface area contributed by atoms with Crippen LogP contribution in [0.1, 0.15) is 71.9 Å². The molecule has 3 aromatic rings. The van der Waals surface area contributed by atoms with Crippen molar-refractivity contribution in [1.29, 1.82) is 0 Å². The number of aromatic carboxylic acids is 1. The Labute approximate surface area is 175 Å². The summed E-state index contributed by atoms with van der Waals surface area (Å²) in [6, 6.07) is 10.7. The lowest BCUT2D eigenvalue weighted by atomic mass is 10.0. The molecule has 7 heteroatoms. The molecule has 0 unspecified atom stereocenters. The van der Waals surface area contributed by atoms with E-state index in [0.29, 0.717) is 30.9 Å². The van der Waals surface area contributed by atoms with Crippen molar-refractivity contribution in [2.24, 2.45) is 0 Å². The van der Waals surface area contributed by atoms with Crippen molar-refractivity contribution in [3.63, 3.8) is 0 Å². The van der Waals surface area contributed by atoms with Crippen LogP contribution >= 0.6 is 0 Å². The Morgan fingerprint density at radius 2 is 1.83 bits per heavy atom. The number of carboxylic acid groups (broad SMARTS) is 1. The smallest absolute Gasteiger partial charge is 0.337 e. The molecule has 0 saturated carbocycles. The van der Waals surface area contributed by atoms with E-state index in [1.807, 2.05) is 28.9 Å². The molecule has 0 fully saturated rings. The summed E-state index contributed by atoms with van der Waals surface area (Å²) in [4.78, 5) is 32.5. The lowest BCUT2D eigenvalue weighted by Crippen LogP contribution is -2.06. The summed E-state index contributed by atoms with van der Waals surface area (Å²) >= 11 is 0. The van der Waals surface area contributed by atoms with Crippen LogP contribution in [0.15, 0.2) is 42.6 Å². The van der Waals surface area contributed by atoms with Crippen LogP contribution in [0, 0.1) is 0 Å². The van der Waals surface area contributed by atoms with Gasteiger partial charge in [-0.3, -0.25) is 9.78 Å². The average molecular weight is 406 g/mol. The number of unbranched alkanes of at least 4 members (excludes halogenated alkanes) is 1. The molecule has 0 aliphatic heterocycles. The predicted octanol–water partition coefficient (Wildman–Crippen LogP) is 4.41. The van der Waals surface area contributed by atoms with Gasteiger partial charge in [-0.05, 0) is 30.5 Å². The first-order valence-electron chi connectivity index (χ1n) is 10.3. The minimum atomic E-state index is -1.00. The van der Waals surface area contributed by atoms with Gasteiger partial charge < -0.3 is 5.11 Å². The van der Waals surface area contributed by atoms with Gasteiger partial charge in [0.15, 0.2) is 0 Å². The molecule has 30 heavy (non-hydrogen) atoms. The SMILES string of the molecule is CCCCC(=O)c1nc(Cc2ccc(-c3ncccc3C(=O)O)cc2)n(CCC)n1. The van der Waals surface area contributed by atoms with Gasteiger partial charge in [0.25, 0.3) is 0 Å². The van der Waals surface area contributed by atoms with E-state index in [0.717, 1.165) is 36.2 Å². The van der Waals surface area contributed by atoms with Gasteiger partial charge in [-0.15, -0.1) is 5.10 Å². The Morgan fingerprint density at radius 3 is 2.50 bits per heavy atom. The Kier molecular flexibility index (Phi) is 7.06. The molecule has 0 aliphatic carbocycles. The topological polar surface area (TPSA) is 98.0 Å². The molecule has 1 N–H and O–H groups in total. The fourth-order valence-electron chi connectivity index (χ4n) is 3.23. The summed E-state index contributed by atoms with van der Waals surface area (Å²) in [7, 11) is 0. The molecular weight excluding hydrogens is 380 g/mol. The standard InChI is InChI=1S/C23H26N4O3/c1-3-5-8-19(28)22-25-20(27(26-22)14-4-2)15-16-9-11-17(12-10-16)21-18(23(29)30)7-6-13-24-21/h6-7,9-13H,3-5,8,14-15H2,1-2H3,(H,29,30). The molecule has 0 aliphatic rings. The average Bonchev–Trinajstić information content (AvgIpc) is 3.15. The van der Waals surface area contributed by atoms with Gasteiger partial charge >= 0.3 is 5.97 Å². The van der Waals surface area contributed by atoms with Crippen LogP contribution in [0.2, 0.25) is 0 Å². The zero-order valence-electron chi connectivity index (χ0n) is 17.3. The summed E-state index contributed by atoms with van der Waals surface area (Å²) in [5.74, 6) is 0.0337. The number of benzene rings is 1. The van der Waals surface area contributed by atoms with E-state index in [9.17, 15) is 14.7 Å². The Balaban J connectivity index is 1.82. The first kappa shape index (κ1) is 21.4. The summed E-state index contributed by atoms with van der Waals surface area (Å²) in [6.45, 7) is 4.82. The van der Waals surface area contributed by atoms with E-state index in [4.69, 9.17) is 0 Å². The molecule has 156 valence electrons. The van der Waals surface area contributed by atoms with Crippen LogP contribution in [0.25, 0.3) is 11.3 Å². The normalized spacial score (nSPS) is 10.9. The number of hydrogen-bond acceptors (Lipinski definition) is 5. The van der Waals surface area contributed by atoms with Crippen LogP contribution in [0.5, 0.6) is 0 Å². The maximum absolute atomic E-state index is 12.3. The monoisotopic (exact) mass is 406 g/mol. The second-order valence-corrected chi connectivity index (χ2v) is 7.18. The van der Waals surface area contributed by atoms with Crippen LogP contribution in [0.3, 0.4) is 0 Å². The van der Waals surface area contributed by atoms with Crippen LogP contribution in [-0.2, 0) is 13.0 Å². The third-order valence-corrected chi connectivity index (χ3v) is 4.82. The third kappa shape index (κ3) is 4.97. The van der Waals surface area contributed by atoms with E-state index in [1.165, 1.54) is 0 Å². The number of aromatic nitrogens is 4. The van der Waals surface area contributed by atoms with Crippen molar-refractivity contribution in [2.75, 3.05) is 0 Å². The quantitative estimate of drug-likeness (QED) is 0.501. The molecular formula is C23H26N4O3. The molecule has 3 rings (SSSR count). The van der Waals surface area contributed by atoms with Gasteiger partial charge in [0.2, 0.25) is 11.6 Å². The lowest BCUT2D eigenvalue weighted by Gasteiger charge is -2.07. The van der Waals surface area contributed by atoms with E-state index in [-0.39, 0.29) is 11.3 Å². The zero-order chi connectivity index (χ0) is 21.5. The molecule has 0 spiro atoms. The number of hydrogen-bond donors (Lipinski definition) is 1. The molecule has 2 heterocycles. The first-order valence-corrected chi connectivity index (χ1v) is 10.3. The largest absolute Gasteiger partial charge is 0.478 e. The predicted molar refractivity (Wildman–Crippen MR) is 114 cm³/mol. The highest BCUT2D eigenvalue weighted by Gasteiger charge is 2.17. The van der Waals surface area contributed by atoms with Gasteiger partial charge in [-0.2, -0.15) is 0 Å². The number of carboxylic acids is 1. The van der Waals surface area contributed by atoms with Crippen molar-refractivity contribution < 1.29 is 14.7 Å². The number of carbonyl (C=O) groups is 2. The van der Waals surface area contributed by atoms with Gasteiger partial charge in [0.05, 0.1) is 11.3 Å². The highest BCUT2D eigenvalue weighted by molar-refractivity contribution is 5.94. The number of pyridine rings is 1. The Bertz CT molecular complexity index is 1030. The maximum atomic E-state index is 12.3. The third-order valence-electron chi connectivity index (χ3n) is 4.82. The van der Waals surface area contributed by atoms with E-state index in [1.54, 1.807) is 18.3 Å². The highest BCUT2D eigenvalue weighted by atomic mass is 16.4. The summed E-state index contributed by atoms with van der Waals surface area (Å²) in [6.07, 6.45) is 5.29. The first-order chi connectivity index (χ1) is 14.5. The van der Waals surface area contributed by atoms with E-state index in [2.05, 4.69) is 28.9 Å². The number of ketones is 1. The lowest BCUT2D eigenvalue weighted by molar-refractivity contribution is 0.0697. The van der Waals surface area contributed by atoms with Crippen molar-refractivity contribution >= 4 is 11.8 Å². The van der Waals surface area contributed by atoms with E-state index >= 15 is 0 Å². The minimum absolute atomic E-state index is 0.0142. The molecule has 7 nitrogen and oxygen atoms in total. The fraction of sp³-hybridized carbons (Fsp3) is 0.348. The molecule has 0 radical (unpaired) electrons. The minimum Gasteiger partial charge on any atom is -0.478 e. The van der Waals surface area contributed by atoms with Crippen LogP contribution < -0.4 is 0 Å². The summed E-state index contributed by atoms with van der Waals surface area (Å²) in [5.41, 5.74) is 2.35. The van der Waals surface area contributed by atoms with Crippen molar-refractivity contribution in [2.45, 2.75) is 52.5 Å². The van der Waals surface area contributed by atoms with E-state index < -0.39 is 5.97 Å². The second kappa shape index (κ2) is 9.91. The van der Waals surface area contributed by atoms with Crippen LogP contribution in [0.4, 0.5) is 0 Å². The van der Waals surface area contributed by atoms with Crippen molar-refractivity contribution in [1.82, 2.24) is 19.7 Å². The molecule has 0 atom stereocenters.